The van der Waals surface area contributed by atoms with Crippen LogP contribution in [0.2, 0.25) is 0 Å². The highest BCUT2D eigenvalue weighted by molar-refractivity contribution is 7.91. The van der Waals surface area contributed by atoms with Gasteiger partial charge in [0.05, 0.1) is 6.61 Å². The Morgan fingerprint density at radius 2 is 2.00 bits per heavy atom. The van der Waals surface area contributed by atoms with Crippen molar-refractivity contribution < 1.29 is 17.9 Å². The molecule has 0 aromatic rings. The van der Waals surface area contributed by atoms with Gasteiger partial charge >= 0.3 is 0 Å². The molecule has 1 amide bonds. The van der Waals surface area contributed by atoms with Crippen LogP contribution < -0.4 is 0 Å². The summed E-state index contributed by atoms with van der Waals surface area (Å²) in [5.74, 6) is -0.637. The summed E-state index contributed by atoms with van der Waals surface area (Å²) < 4.78 is 26.6. The molecule has 0 aliphatic rings. The van der Waals surface area contributed by atoms with E-state index in [9.17, 15) is 13.2 Å². The van der Waals surface area contributed by atoms with E-state index in [0.29, 0.717) is 19.7 Å². The number of hydrogen-bond donors (Lipinski definition) is 0. The fourth-order valence-electron chi connectivity index (χ4n) is 0.980. The molecule has 0 bridgehead atoms. The van der Waals surface area contributed by atoms with Gasteiger partial charge in [0.1, 0.15) is 5.75 Å². The number of nitrogens with zero attached hydrogens (tertiary/aromatic N) is 1. The molecule has 0 heterocycles. The van der Waals surface area contributed by atoms with Crippen molar-refractivity contribution in [3.05, 3.63) is 0 Å². The first kappa shape index (κ1) is 14.7. The SMILES string of the molecule is COCCN(CCCl)C(=O)CS(C)(=O)=O. The molecule has 0 aliphatic heterocycles. The summed E-state index contributed by atoms with van der Waals surface area (Å²) in [6, 6.07) is 0. The number of carbonyl (C=O) groups excluding carboxylic acids is 1. The monoisotopic (exact) mass is 257 g/mol. The Hall–Kier alpha value is -0.330. The molecule has 0 fully saturated rings. The summed E-state index contributed by atoms with van der Waals surface area (Å²) in [6.07, 6.45) is 1.03. The van der Waals surface area contributed by atoms with Crippen LogP contribution in [0.5, 0.6) is 0 Å². The van der Waals surface area contributed by atoms with Gasteiger partial charge in [-0.05, 0) is 0 Å². The van der Waals surface area contributed by atoms with Gasteiger partial charge in [-0.1, -0.05) is 0 Å². The maximum Gasteiger partial charge on any atom is 0.237 e. The Balaban J connectivity index is 4.28. The van der Waals surface area contributed by atoms with Gasteiger partial charge in [-0.25, -0.2) is 8.42 Å². The molecule has 5 nitrogen and oxygen atoms in total. The van der Waals surface area contributed by atoms with Crippen LogP contribution in [0, 0.1) is 0 Å². The maximum absolute atomic E-state index is 11.5. The summed E-state index contributed by atoms with van der Waals surface area (Å²) >= 11 is 5.51. The van der Waals surface area contributed by atoms with Crippen molar-refractivity contribution in [3.8, 4) is 0 Å². The lowest BCUT2D eigenvalue weighted by Gasteiger charge is -2.20. The topological polar surface area (TPSA) is 63.7 Å². The van der Waals surface area contributed by atoms with Gasteiger partial charge in [-0.2, -0.15) is 0 Å². The van der Waals surface area contributed by atoms with Crippen molar-refractivity contribution in [2.75, 3.05) is 44.7 Å². The molecule has 0 atom stereocenters. The number of rotatable bonds is 7. The second-order valence-corrected chi connectivity index (χ2v) is 5.65. The second-order valence-electron chi connectivity index (χ2n) is 3.13. The highest BCUT2D eigenvalue weighted by atomic mass is 35.5. The van der Waals surface area contributed by atoms with Gasteiger partial charge in [0.15, 0.2) is 9.84 Å². The quantitative estimate of drug-likeness (QED) is 0.590. The largest absolute Gasteiger partial charge is 0.383 e. The van der Waals surface area contributed by atoms with Crippen LogP contribution in [0.15, 0.2) is 0 Å². The maximum atomic E-state index is 11.5. The minimum absolute atomic E-state index is 0.277. The standard InChI is InChI=1S/C8H16ClNO4S/c1-14-6-5-10(4-3-9)8(11)7-15(2,12)13/h3-7H2,1-2H3. The van der Waals surface area contributed by atoms with Crippen molar-refractivity contribution in [2.24, 2.45) is 0 Å². The predicted molar refractivity (Wildman–Crippen MR) is 58.9 cm³/mol. The Kier molecular flexibility index (Phi) is 6.87. The molecule has 0 unspecified atom stereocenters. The van der Waals surface area contributed by atoms with E-state index in [2.05, 4.69) is 0 Å². The average molecular weight is 258 g/mol. The first-order valence-electron chi connectivity index (χ1n) is 4.41. The lowest BCUT2D eigenvalue weighted by atomic mass is 10.5. The molecule has 0 aromatic carbocycles. The second kappa shape index (κ2) is 7.03. The minimum atomic E-state index is -3.29. The molecule has 0 saturated heterocycles. The van der Waals surface area contributed by atoms with Crippen LogP contribution in [-0.2, 0) is 19.4 Å². The Morgan fingerprint density at radius 3 is 2.40 bits per heavy atom. The van der Waals surface area contributed by atoms with Gasteiger partial charge in [-0.3, -0.25) is 4.79 Å². The van der Waals surface area contributed by atoms with Crippen LogP contribution in [0.25, 0.3) is 0 Å². The van der Waals surface area contributed by atoms with Gasteiger partial charge in [0.2, 0.25) is 5.91 Å². The van der Waals surface area contributed by atoms with E-state index in [1.807, 2.05) is 0 Å². The highest BCUT2D eigenvalue weighted by Crippen LogP contribution is 1.95. The van der Waals surface area contributed by atoms with E-state index in [4.69, 9.17) is 16.3 Å². The summed E-state index contributed by atoms with van der Waals surface area (Å²) in [4.78, 5) is 12.9. The zero-order valence-electron chi connectivity index (χ0n) is 8.90. The van der Waals surface area contributed by atoms with E-state index in [1.54, 1.807) is 0 Å². The van der Waals surface area contributed by atoms with E-state index in [0.717, 1.165) is 6.26 Å². The number of carbonyl (C=O) groups is 1. The molecule has 0 spiro atoms. The number of halogens is 1. The molecule has 0 rings (SSSR count). The lowest BCUT2D eigenvalue weighted by Crippen LogP contribution is -2.39. The predicted octanol–water partition coefficient (Wildman–Crippen LogP) is -0.255. The summed E-state index contributed by atoms with van der Waals surface area (Å²) in [7, 11) is -1.77. The number of alkyl halides is 1. The van der Waals surface area contributed by atoms with Crippen LogP contribution in [0.1, 0.15) is 0 Å². The van der Waals surface area contributed by atoms with Crippen molar-refractivity contribution in [2.45, 2.75) is 0 Å². The average Bonchev–Trinajstić information content (AvgIpc) is 2.09. The molecule has 0 aromatic heterocycles. The number of ether oxygens (including phenoxy) is 1. The minimum Gasteiger partial charge on any atom is -0.383 e. The van der Waals surface area contributed by atoms with Crippen molar-refractivity contribution in [1.82, 2.24) is 4.90 Å². The fraction of sp³-hybridized carbons (Fsp3) is 0.875. The van der Waals surface area contributed by atoms with Crippen LogP contribution in [0.4, 0.5) is 0 Å². The highest BCUT2D eigenvalue weighted by Gasteiger charge is 2.17. The first-order chi connectivity index (χ1) is 6.90. The number of sulfone groups is 1. The molecule has 0 saturated carbocycles. The van der Waals surface area contributed by atoms with Crippen molar-refractivity contribution in [3.63, 3.8) is 0 Å². The Morgan fingerprint density at radius 1 is 1.40 bits per heavy atom. The number of amides is 1. The lowest BCUT2D eigenvalue weighted by molar-refractivity contribution is -0.128. The van der Waals surface area contributed by atoms with Crippen LogP contribution in [0.3, 0.4) is 0 Å². The summed E-state index contributed by atoms with van der Waals surface area (Å²) in [5, 5.41) is 0. The van der Waals surface area contributed by atoms with Crippen molar-refractivity contribution in [1.29, 1.82) is 0 Å². The third-order valence-electron chi connectivity index (χ3n) is 1.66. The zero-order valence-corrected chi connectivity index (χ0v) is 10.5. The molecule has 7 heteroatoms. The zero-order chi connectivity index (χ0) is 11.9. The van der Waals surface area contributed by atoms with Crippen molar-refractivity contribution >= 4 is 27.3 Å². The van der Waals surface area contributed by atoms with E-state index >= 15 is 0 Å². The van der Waals surface area contributed by atoms with E-state index in [1.165, 1.54) is 12.0 Å². The van der Waals surface area contributed by atoms with Crippen LogP contribution >= 0.6 is 11.6 Å². The Bertz CT molecular complexity index is 291. The fourth-order valence-corrected chi connectivity index (χ4v) is 1.82. The van der Waals surface area contributed by atoms with E-state index < -0.39 is 21.5 Å². The molecule has 0 N–H and O–H groups in total. The normalized spacial score (nSPS) is 11.4. The summed E-state index contributed by atoms with van der Waals surface area (Å²) in [6.45, 7) is 1.06. The van der Waals surface area contributed by atoms with Crippen LogP contribution in [-0.4, -0.2) is 63.9 Å². The third kappa shape index (κ3) is 7.58. The molecular formula is C8H16ClNO4S. The van der Waals surface area contributed by atoms with E-state index in [-0.39, 0.29) is 5.88 Å². The van der Waals surface area contributed by atoms with Gasteiger partial charge in [-0.15, -0.1) is 11.6 Å². The molecule has 0 radical (unpaired) electrons. The number of methoxy groups -OCH3 is 1. The van der Waals surface area contributed by atoms with Gasteiger partial charge < -0.3 is 9.64 Å². The van der Waals surface area contributed by atoms with Gasteiger partial charge in [0.25, 0.3) is 0 Å². The molecule has 15 heavy (non-hydrogen) atoms. The molecule has 0 aliphatic carbocycles. The number of hydrogen-bond acceptors (Lipinski definition) is 4. The molecular weight excluding hydrogens is 242 g/mol. The smallest absolute Gasteiger partial charge is 0.237 e. The Labute approximate surface area is 95.3 Å². The summed E-state index contributed by atoms with van der Waals surface area (Å²) in [5.41, 5.74) is 0. The molecule has 90 valence electrons. The van der Waals surface area contributed by atoms with Gasteiger partial charge in [0, 0.05) is 32.3 Å². The third-order valence-corrected chi connectivity index (χ3v) is 2.60. The first-order valence-corrected chi connectivity index (χ1v) is 7.00.